The van der Waals surface area contributed by atoms with Gasteiger partial charge in [0.25, 0.3) is 0 Å². The standard InChI is InChI=1S/C34H40N2O3S2/c1-23(37)36(29-22-27(18-21-33(2,3)4)41-31(29)32(38)39)34(19-8-5-9-20-34)25-13-15-26(16-14-25)40-30-17-12-24-10-6-7-11-28(24)35-30/h6-7,10-12,17,22,25-26H,5,8-9,13-16,19-20H2,1-4H3,(H,38,39). The van der Waals surface area contributed by atoms with E-state index in [2.05, 4.69) is 36.1 Å². The minimum absolute atomic E-state index is 0.0700. The summed E-state index contributed by atoms with van der Waals surface area (Å²) in [6, 6.07) is 14.4. The predicted molar refractivity (Wildman–Crippen MR) is 170 cm³/mol. The van der Waals surface area contributed by atoms with Gasteiger partial charge >= 0.3 is 5.97 Å². The number of anilines is 1. The van der Waals surface area contributed by atoms with Crippen LogP contribution in [0.5, 0.6) is 0 Å². The van der Waals surface area contributed by atoms with Crippen molar-refractivity contribution in [2.75, 3.05) is 4.90 Å². The molecule has 0 atom stereocenters. The summed E-state index contributed by atoms with van der Waals surface area (Å²) in [6.07, 6.45) is 9.29. The average Bonchev–Trinajstić information content (AvgIpc) is 3.36. The summed E-state index contributed by atoms with van der Waals surface area (Å²) >= 11 is 3.06. The molecule has 0 radical (unpaired) electrons. The molecule has 2 aliphatic carbocycles. The van der Waals surface area contributed by atoms with Crippen LogP contribution in [0.25, 0.3) is 10.9 Å². The van der Waals surface area contributed by atoms with E-state index >= 15 is 0 Å². The molecule has 2 heterocycles. The van der Waals surface area contributed by atoms with Crippen LogP contribution in [0.4, 0.5) is 5.69 Å². The Labute approximate surface area is 252 Å². The van der Waals surface area contributed by atoms with Gasteiger partial charge in [0.15, 0.2) is 0 Å². The molecular weight excluding hydrogens is 549 g/mol. The molecule has 0 unspecified atom stereocenters. The SMILES string of the molecule is CC(=O)N(c1cc(C#CC(C)(C)C)sc1C(=O)O)C1(C2CCC(Sc3ccc4ccccc4n3)CC2)CCCCC1. The number of nitrogens with zero attached hydrogens (tertiary/aromatic N) is 2. The van der Waals surface area contributed by atoms with Crippen molar-refractivity contribution in [1.29, 1.82) is 0 Å². The van der Waals surface area contributed by atoms with Crippen molar-refractivity contribution in [2.45, 2.75) is 101 Å². The van der Waals surface area contributed by atoms with E-state index in [0.717, 1.165) is 73.7 Å². The number of fused-ring (bicyclic) bond motifs is 1. The number of thioether (sulfide) groups is 1. The predicted octanol–water partition coefficient (Wildman–Crippen LogP) is 8.80. The minimum Gasteiger partial charge on any atom is -0.477 e. The van der Waals surface area contributed by atoms with Crippen LogP contribution < -0.4 is 4.90 Å². The maximum absolute atomic E-state index is 13.5. The number of thiophene rings is 1. The maximum Gasteiger partial charge on any atom is 0.348 e. The van der Waals surface area contributed by atoms with E-state index in [4.69, 9.17) is 4.98 Å². The van der Waals surface area contributed by atoms with Crippen LogP contribution in [0.2, 0.25) is 0 Å². The monoisotopic (exact) mass is 588 g/mol. The van der Waals surface area contributed by atoms with Gasteiger partial charge in [0.05, 0.1) is 26.6 Å². The first kappa shape index (κ1) is 29.7. The van der Waals surface area contributed by atoms with Gasteiger partial charge in [-0.3, -0.25) is 4.79 Å². The smallest absolute Gasteiger partial charge is 0.348 e. The van der Waals surface area contributed by atoms with E-state index in [1.54, 1.807) is 6.92 Å². The number of carboxylic acids is 1. The van der Waals surface area contributed by atoms with Crippen LogP contribution in [0.3, 0.4) is 0 Å². The molecule has 2 saturated carbocycles. The van der Waals surface area contributed by atoms with E-state index in [-0.39, 0.29) is 21.7 Å². The summed E-state index contributed by atoms with van der Waals surface area (Å²) in [6.45, 7) is 7.72. The zero-order chi connectivity index (χ0) is 29.2. The third-order valence-electron chi connectivity index (χ3n) is 8.48. The second-order valence-corrected chi connectivity index (χ2v) is 15.0. The largest absolute Gasteiger partial charge is 0.477 e. The number of para-hydroxylation sites is 1. The number of hydrogen-bond acceptors (Lipinski definition) is 5. The van der Waals surface area contributed by atoms with Crippen LogP contribution in [0.15, 0.2) is 47.5 Å². The summed E-state index contributed by atoms with van der Waals surface area (Å²) < 4.78 is 0. The molecule has 2 aromatic heterocycles. The number of hydrogen-bond donors (Lipinski definition) is 1. The van der Waals surface area contributed by atoms with Gasteiger partial charge in [-0.05, 0) is 83.4 Å². The van der Waals surface area contributed by atoms with Gasteiger partial charge < -0.3 is 10.0 Å². The van der Waals surface area contributed by atoms with E-state index in [9.17, 15) is 14.7 Å². The number of carboxylic acid groups (broad SMARTS) is 1. The first-order valence-corrected chi connectivity index (χ1v) is 16.5. The molecule has 1 N–H and O–H groups in total. The molecule has 7 heteroatoms. The van der Waals surface area contributed by atoms with Crippen LogP contribution in [0, 0.1) is 23.2 Å². The summed E-state index contributed by atoms with van der Waals surface area (Å²) in [5.41, 5.74) is 1.01. The molecule has 0 saturated heterocycles. The maximum atomic E-state index is 13.5. The Balaban J connectivity index is 1.41. The highest BCUT2D eigenvalue weighted by Crippen LogP contribution is 2.50. The van der Waals surface area contributed by atoms with Gasteiger partial charge in [-0.2, -0.15) is 0 Å². The fourth-order valence-electron chi connectivity index (χ4n) is 6.71. The Morgan fingerprint density at radius 1 is 1.05 bits per heavy atom. The van der Waals surface area contributed by atoms with Crippen LogP contribution in [0.1, 0.15) is 100 Å². The third kappa shape index (κ3) is 6.65. The van der Waals surface area contributed by atoms with E-state index in [0.29, 0.717) is 21.7 Å². The van der Waals surface area contributed by atoms with Gasteiger partial charge in [-0.15, -0.1) is 23.1 Å². The Kier molecular flexibility index (Phi) is 8.82. The summed E-state index contributed by atoms with van der Waals surface area (Å²) in [7, 11) is 0. The number of carbonyl (C=O) groups excluding carboxylic acids is 1. The zero-order valence-electron chi connectivity index (χ0n) is 24.5. The number of amides is 1. The van der Waals surface area contributed by atoms with Crippen molar-refractivity contribution in [3.63, 3.8) is 0 Å². The Hall–Kier alpha value is -2.82. The van der Waals surface area contributed by atoms with E-state index in [1.165, 1.54) is 11.3 Å². The average molecular weight is 589 g/mol. The van der Waals surface area contributed by atoms with Gasteiger partial charge in [-0.25, -0.2) is 9.78 Å². The fraction of sp³-hybridized carbons (Fsp3) is 0.500. The molecule has 1 amide bonds. The molecule has 1 aromatic carbocycles. The molecule has 5 nitrogen and oxygen atoms in total. The van der Waals surface area contributed by atoms with E-state index in [1.807, 2.05) is 55.6 Å². The Morgan fingerprint density at radius 2 is 1.76 bits per heavy atom. The highest BCUT2D eigenvalue weighted by molar-refractivity contribution is 7.99. The molecule has 0 bridgehead atoms. The molecule has 2 aliphatic rings. The van der Waals surface area contributed by atoms with Crippen molar-refractivity contribution in [2.24, 2.45) is 11.3 Å². The number of benzene rings is 1. The zero-order valence-corrected chi connectivity index (χ0v) is 26.2. The van der Waals surface area contributed by atoms with Crippen molar-refractivity contribution < 1.29 is 14.7 Å². The molecular formula is C34H40N2O3S2. The molecule has 5 rings (SSSR count). The first-order chi connectivity index (χ1) is 19.6. The highest BCUT2D eigenvalue weighted by atomic mass is 32.2. The lowest BCUT2D eigenvalue weighted by atomic mass is 9.66. The molecule has 3 aromatic rings. The van der Waals surface area contributed by atoms with Crippen LogP contribution >= 0.6 is 23.1 Å². The van der Waals surface area contributed by atoms with Crippen LogP contribution in [-0.4, -0.2) is 32.8 Å². The van der Waals surface area contributed by atoms with Crippen molar-refractivity contribution in [3.8, 4) is 11.8 Å². The van der Waals surface area contributed by atoms with Gasteiger partial charge in [-0.1, -0.05) is 55.4 Å². The summed E-state index contributed by atoms with van der Waals surface area (Å²) in [5.74, 6) is 5.69. The topological polar surface area (TPSA) is 70.5 Å². The summed E-state index contributed by atoms with van der Waals surface area (Å²) in [5, 5.41) is 12.9. The normalized spacial score (nSPS) is 20.7. The molecule has 0 aliphatic heterocycles. The highest BCUT2D eigenvalue weighted by Gasteiger charge is 2.48. The van der Waals surface area contributed by atoms with Crippen molar-refractivity contribution in [3.05, 3.63) is 52.2 Å². The number of rotatable bonds is 6. The fourth-order valence-corrected chi connectivity index (χ4v) is 8.70. The number of pyridine rings is 1. The van der Waals surface area contributed by atoms with Crippen molar-refractivity contribution >= 4 is 51.6 Å². The lowest BCUT2D eigenvalue weighted by molar-refractivity contribution is -0.118. The number of aromatic nitrogens is 1. The van der Waals surface area contributed by atoms with Gasteiger partial charge in [0.2, 0.25) is 5.91 Å². The molecule has 41 heavy (non-hydrogen) atoms. The summed E-state index contributed by atoms with van der Waals surface area (Å²) in [4.78, 5) is 33.6. The Bertz CT molecular complexity index is 1480. The quantitative estimate of drug-likeness (QED) is 0.291. The van der Waals surface area contributed by atoms with Crippen molar-refractivity contribution in [1.82, 2.24) is 4.98 Å². The minimum atomic E-state index is -0.992. The molecule has 0 spiro atoms. The van der Waals surface area contributed by atoms with Gasteiger partial charge in [0, 0.05) is 23.0 Å². The van der Waals surface area contributed by atoms with Crippen LogP contribution in [-0.2, 0) is 4.79 Å². The third-order valence-corrected chi connectivity index (χ3v) is 10.8. The second-order valence-electron chi connectivity index (χ2n) is 12.6. The lowest BCUT2D eigenvalue weighted by Crippen LogP contribution is -2.58. The van der Waals surface area contributed by atoms with E-state index < -0.39 is 5.97 Å². The Morgan fingerprint density at radius 3 is 2.41 bits per heavy atom. The number of carbonyl (C=O) groups is 2. The lowest BCUT2D eigenvalue weighted by Gasteiger charge is -2.52. The molecule has 2 fully saturated rings. The molecule has 216 valence electrons. The van der Waals surface area contributed by atoms with Gasteiger partial charge in [0.1, 0.15) is 4.88 Å². The first-order valence-electron chi connectivity index (χ1n) is 14.8. The number of aromatic carboxylic acids is 1. The second kappa shape index (κ2) is 12.2.